The first-order valence-corrected chi connectivity index (χ1v) is 11.2. The Morgan fingerprint density at radius 1 is 1.34 bits per heavy atom. The summed E-state index contributed by atoms with van der Waals surface area (Å²) in [6.45, 7) is 10.8. The maximum Gasteiger partial charge on any atom is 0.278 e. The number of anilines is 1. The Balaban J connectivity index is 1.56. The van der Waals surface area contributed by atoms with E-state index in [9.17, 15) is 9.18 Å². The molecule has 1 unspecified atom stereocenters. The fourth-order valence-corrected chi connectivity index (χ4v) is 4.56. The molecule has 0 saturated heterocycles. The molecule has 6 nitrogen and oxygen atoms in total. The predicted molar refractivity (Wildman–Crippen MR) is 122 cm³/mol. The SMILES string of the molecule is Cc1nn(Cc2ccc(F)cc2Cl)c(C)c1NC(=O)c1noc2c1CC(C(C)(C)C)CC2. The lowest BCUT2D eigenvalue weighted by molar-refractivity contribution is 0.101. The summed E-state index contributed by atoms with van der Waals surface area (Å²) in [4.78, 5) is 13.1. The van der Waals surface area contributed by atoms with Crippen LogP contribution in [0.1, 0.15) is 66.0 Å². The van der Waals surface area contributed by atoms with E-state index in [0.717, 1.165) is 41.8 Å². The van der Waals surface area contributed by atoms with Crippen LogP contribution < -0.4 is 5.32 Å². The molecule has 1 atom stereocenters. The van der Waals surface area contributed by atoms with Gasteiger partial charge in [-0.25, -0.2) is 4.39 Å². The number of halogens is 2. The zero-order chi connectivity index (χ0) is 23.2. The monoisotopic (exact) mass is 458 g/mol. The van der Waals surface area contributed by atoms with Gasteiger partial charge in [-0.3, -0.25) is 9.48 Å². The lowest BCUT2D eigenvalue weighted by Gasteiger charge is -2.33. The second kappa shape index (κ2) is 8.35. The van der Waals surface area contributed by atoms with Gasteiger partial charge < -0.3 is 9.84 Å². The summed E-state index contributed by atoms with van der Waals surface area (Å²) in [5.41, 5.74) is 4.25. The van der Waals surface area contributed by atoms with Crippen LogP contribution in [0.25, 0.3) is 0 Å². The van der Waals surface area contributed by atoms with Crippen LogP contribution in [0.3, 0.4) is 0 Å². The molecule has 1 aliphatic carbocycles. The Morgan fingerprint density at radius 2 is 2.09 bits per heavy atom. The molecule has 170 valence electrons. The van der Waals surface area contributed by atoms with E-state index in [1.807, 2.05) is 13.8 Å². The van der Waals surface area contributed by atoms with Gasteiger partial charge in [0.25, 0.3) is 5.91 Å². The lowest BCUT2D eigenvalue weighted by atomic mass is 9.71. The zero-order valence-electron chi connectivity index (χ0n) is 19.1. The van der Waals surface area contributed by atoms with Gasteiger partial charge in [0.05, 0.1) is 23.6 Å². The smallest absolute Gasteiger partial charge is 0.278 e. The molecular formula is C24H28ClFN4O2. The van der Waals surface area contributed by atoms with Crippen LogP contribution >= 0.6 is 11.6 Å². The molecule has 8 heteroatoms. The minimum Gasteiger partial charge on any atom is -0.360 e. The zero-order valence-corrected chi connectivity index (χ0v) is 19.8. The van der Waals surface area contributed by atoms with E-state index in [0.29, 0.717) is 34.6 Å². The molecule has 0 saturated carbocycles. The molecule has 0 radical (unpaired) electrons. The topological polar surface area (TPSA) is 73.0 Å². The largest absolute Gasteiger partial charge is 0.360 e. The minimum atomic E-state index is -0.385. The van der Waals surface area contributed by atoms with Crippen molar-refractivity contribution >= 4 is 23.2 Å². The minimum absolute atomic E-state index is 0.151. The first-order chi connectivity index (χ1) is 15.0. The highest BCUT2D eigenvalue weighted by molar-refractivity contribution is 6.31. The molecule has 0 bridgehead atoms. The molecule has 4 rings (SSSR count). The van der Waals surface area contributed by atoms with Gasteiger partial charge in [0.15, 0.2) is 5.69 Å². The molecule has 1 amide bonds. The highest BCUT2D eigenvalue weighted by atomic mass is 35.5. The molecule has 1 aliphatic rings. The predicted octanol–water partition coefficient (Wildman–Crippen LogP) is 5.73. The number of aryl methyl sites for hydroxylation is 2. The van der Waals surface area contributed by atoms with Crippen LogP contribution in [0.5, 0.6) is 0 Å². The summed E-state index contributed by atoms with van der Waals surface area (Å²) in [6, 6.07) is 4.29. The maximum absolute atomic E-state index is 13.4. The van der Waals surface area contributed by atoms with Crippen LogP contribution in [-0.4, -0.2) is 20.8 Å². The quantitative estimate of drug-likeness (QED) is 0.541. The number of benzene rings is 1. The number of aromatic nitrogens is 3. The van der Waals surface area contributed by atoms with Gasteiger partial charge in [0, 0.05) is 17.0 Å². The molecule has 1 aromatic carbocycles. The Morgan fingerprint density at radius 3 is 2.78 bits per heavy atom. The Kier molecular flexibility index (Phi) is 5.88. The van der Waals surface area contributed by atoms with Crippen molar-refractivity contribution in [1.29, 1.82) is 0 Å². The molecular weight excluding hydrogens is 431 g/mol. The number of nitrogens with one attached hydrogen (secondary N) is 1. The van der Waals surface area contributed by atoms with E-state index in [4.69, 9.17) is 16.1 Å². The number of rotatable bonds is 4. The van der Waals surface area contributed by atoms with E-state index in [-0.39, 0.29) is 17.1 Å². The Hall–Kier alpha value is -2.67. The number of carbonyl (C=O) groups is 1. The molecule has 2 aromatic heterocycles. The molecule has 2 heterocycles. The number of nitrogens with zero attached hydrogens (tertiary/aromatic N) is 3. The average molecular weight is 459 g/mol. The number of fused-ring (bicyclic) bond motifs is 1. The molecule has 1 N–H and O–H groups in total. The summed E-state index contributed by atoms with van der Waals surface area (Å²) in [6.07, 6.45) is 2.61. The summed E-state index contributed by atoms with van der Waals surface area (Å²) < 4.78 is 20.6. The Labute approximate surface area is 192 Å². The van der Waals surface area contributed by atoms with Crippen molar-refractivity contribution in [2.45, 2.75) is 60.4 Å². The van der Waals surface area contributed by atoms with E-state index >= 15 is 0 Å². The van der Waals surface area contributed by atoms with Crippen molar-refractivity contribution < 1.29 is 13.7 Å². The van der Waals surface area contributed by atoms with Crippen LogP contribution in [0.4, 0.5) is 10.1 Å². The molecule has 0 spiro atoms. The normalized spacial score (nSPS) is 16.2. The number of hydrogen-bond donors (Lipinski definition) is 1. The van der Waals surface area contributed by atoms with Gasteiger partial charge in [0.2, 0.25) is 0 Å². The molecule has 3 aromatic rings. The van der Waals surface area contributed by atoms with Crippen molar-refractivity contribution in [2.75, 3.05) is 5.32 Å². The van der Waals surface area contributed by atoms with Crippen molar-refractivity contribution in [1.82, 2.24) is 14.9 Å². The highest BCUT2D eigenvalue weighted by Gasteiger charge is 2.34. The Bertz CT molecular complexity index is 1180. The second-order valence-electron chi connectivity index (χ2n) is 9.63. The lowest BCUT2D eigenvalue weighted by Crippen LogP contribution is -2.27. The van der Waals surface area contributed by atoms with Crippen LogP contribution in [0.15, 0.2) is 22.7 Å². The van der Waals surface area contributed by atoms with Crippen molar-refractivity contribution in [3.8, 4) is 0 Å². The van der Waals surface area contributed by atoms with Gasteiger partial charge in [-0.1, -0.05) is 43.6 Å². The van der Waals surface area contributed by atoms with Crippen molar-refractivity contribution in [2.24, 2.45) is 11.3 Å². The first-order valence-electron chi connectivity index (χ1n) is 10.8. The summed E-state index contributed by atoms with van der Waals surface area (Å²) in [7, 11) is 0. The standard InChI is InChI=1S/C24H28ClFN4O2/c1-13-21(14(2)30(28-13)12-15-6-8-17(26)11-19(15)25)27-23(31)22-18-10-16(24(3,4)5)7-9-20(18)32-29-22/h6,8,11,16H,7,9-10,12H2,1-5H3,(H,27,31). The third kappa shape index (κ3) is 4.31. The molecule has 0 aliphatic heterocycles. The fraction of sp³-hybridized carbons (Fsp3) is 0.458. The first kappa shape index (κ1) is 22.5. The van der Waals surface area contributed by atoms with Gasteiger partial charge in [-0.05, 0) is 55.7 Å². The second-order valence-corrected chi connectivity index (χ2v) is 10.0. The van der Waals surface area contributed by atoms with Crippen LogP contribution in [-0.2, 0) is 19.4 Å². The third-order valence-corrected chi connectivity index (χ3v) is 6.79. The third-order valence-electron chi connectivity index (χ3n) is 6.44. The van der Waals surface area contributed by atoms with E-state index < -0.39 is 0 Å². The van der Waals surface area contributed by atoms with Gasteiger partial charge in [0.1, 0.15) is 11.6 Å². The maximum atomic E-state index is 13.4. The summed E-state index contributed by atoms with van der Waals surface area (Å²) in [5.74, 6) is 0.596. The average Bonchev–Trinajstić information content (AvgIpc) is 3.25. The van der Waals surface area contributed by atoms with Gasteiger partial charge in [-0.15, -0.1) is 0 Å². The highest BCUT2D eigenvalue weighted by Crippen LogP contribution is 2.38. The molecule has 32 heavy (non-hydrogen) atoms. The summed E-state index contributed by atoms with van der Waals surface area (Å²) >= 11 is 6.17. The van der Waals surface area contributed by atoms with Gasteiger partial charge in [-0.2, -0.15) is 5.10 Å². The van der Waals surface area contributed by atoms with E-state index in [2.05, 4.69) is 36.3 Å². The van der Waals surface area contributed by atoms with Gasteiger partial charge >= 0.3 is 0 Å². The van der Waals surface area contributed by atoms with Crippen LogP contribution in [0, 0.1) is 31.0 Å². The molecule has 0 fully saturated rings. The van der Waals surface area contributed by atoms with Crippen molar-refractivity contribution in [3.05, 3.63) is 63.0 Å². The van der Waals surface area contributed by atoms with E-state index in [1.54, 1.807) is 10.7 Å². The van der Waals surface area contributed by atoms with Crippen LogP contribution in [0.2, 0.25) is 5.02 Å². The van der Waals surface area contributed by atoms with Crippen molar-refractivity contribution in [3.63, 3.8) is 0 Å². The number of hydrogen-bond acceptors (Lipinski definition) is 4. The number of amides is 1. The summed E-state index contributed by atoms with van der Waals surface area (Å²) in [5, 5.41) is 12.0. The van der Waals surface area contributed by atoms with E-state index in [1.165, 1.54) is 12.1 Å². The number of carbonyl (C=O) groups excluding carboxylic acids is 1. The fourth-order valence-electron chi connectivity index (χ4n) is 4.34.